The lowest BCUT2D eigenvalue weighted by atomic mass is 10.1. The largest absolute Gasteiger partial charge is 0.472 e. The second kappa shape index (κ2) is 39.3. The van der Waals surface area contributed by atoms with E-state index in [2.05, 4.69) is 50.3 Å². The Balaban J connectivity index is 4.61. The number of unbranched alkanes of at least 4 members (excludes halogenated alkanes) is 11. The van der Waals surface area contributed by atoms with E-state index in [0.717, 1.165) is 32.1 Å². The van der Waals surface area contributed by atoms with Crippen molar-refractivity contribution in [3.8, 4) is 0 Å². The normalized spacial score (nSPS) is 14.9. The van der Waals surface area contributed by atoms with E-state index in [1.165, 1.54) is 57.8 Å². The molecule has 1 unspecified atom stereocenters. The van der Waals surface area contributed by atoms with E-state index in [4.69, 9.17) is 18.5 Å². The molecule has 0 saturated heterocycles. The molecule has 3 atom stereocenters. The molecule has 0 aliphatic carbocycles. The SMILES string of the molecule is CCCCC/C=C\C[C@@H](O)/C=C/C=C\C/C=C\CCCC(=O)OC[C@H](COP(=O)(O)OCC[N+](C)(C)C)OC(=O)CCC/C=C\C/C=C\C/C=C\CCCCCCCC. The smallest absolute Gasteiger partial charge is 0.462 e. The number of rotatable bonds is 39. The second-order valence-electron chi connectivity index (χ2n) is 15.9. The summed E-state index contributed by atoms with van der Waals surface area (Å²) in [5.41, 5.74) is 0. The molecule has 2 N–H and O–H groups in total. The van der Waals surface area contributed by atoms with Gasteiger partial charge in [0.25, 0.3) is 0 Å². The first-order valence-corrected chi connectivity index (χ1v) is 23.9. The molecule has 10 nitrogen and oxygen atoms in total. The number of nitrogens with zero attached hydrogens (tertiary/aromatic N) is 1. The van der Waals surface area contributed by atoms with Gasteiger partial charge in [-0.25, -0.2) is 4.57 Å². The van der Waals surface area contributed by atoms with E-state index >= 15 is 0 Å². The van der Waals surface area contributed by atoms with Gasteiger partial charge in [0.2, 0.25) is 0 Å². The number of esters is 2. The minimum Gasteiger partial charge on any atom is -0.462 e. The molecular formula is C48H83NO9P+. The number of aliphatic hydroxyl groups excluding tert-OH is 1. The maximum absolute atomic E-state index is 12.7. The molecule has 11 heteroatoms. The number of quaternary nitrogens is 1. The van der Waals surface area contributed by atoms with Crippen LogP contribution in [0.3, 0.4) is 0 Å². The summed E-state index contributed by atoms with van der Waals surface area (Å²) in [5, 5.41) is 10.0. The topological polar surface area (TPSA) is 129 Å². The van der Waals surface area contributed by atoms with Gasteiger partial charge in [0, 0.05) is 12.8 Å². The van der Waals surface area contributed by atoms with Crippen molar-refractivity contribution in [3.63, 3.8) is 0 Å². The van der Waals surface area contributed by atoms with Gasteiger partial charge in [-0.3, -0.25) is 18.6 Å². The van der Waals surface area contributed by atoms with E-state index in [0.29, 0.717) is 43.1 Å². The maximum Gasteiger partial charge on any atom is 0.472 e. The second-order valence-corrected chi connectivity index (χ2v) is 17.4. The number of likely N-dealkylation sites (N-methyl/N-ethyl adjacent to an activating group) is 1. The fourth-order valence-electron chi connectivity index (χ4n) is 5.40. The van der Waals surface area contributed by atoms with Crippen molar-refractivity contribution in [1.29, 1.82) is 0 Å². The van der Waals surface area contributed by atoms with E-state index in [1.807, 2.05) is 63.7 Å². The highest BCUT2D eigenvalue weighted by Crippen LogP contribution is 2.43. The first-order valence-electron chi connectivity index (χ1n) is 22.4. The Morgan fingerprint density at radius 1 is 0.610 bits per heavy atom. The summed E-state index contributed by atoms with van der Waals surface area (Å²) in [4.78, 5) is 35.3. The summed E-state index contributed by atoms with van der Waals surface area (Å²) in [6, 6.07) is 0. The van der Waals surface area contributed by atoms with Gasteiger partial charge in [-0.05, 0) is 77.0 Å². The van der Waals surface area contributed by atoms with Crippen molar-refractivity contribution >= 4 is 19.8 Å². The Kier molecular flexibility index (Phi) is 37.4. The number of phosphoric ester groups is 1. The Morgan fingerprint density at radius 2 is 1.12 bits per heavy atom. The molecule has 0 radical (unpaired) electrons. The van der Waals surface area contributed by atoms with Crippen LogP contribution in [-0.2, 0) is 32.7 Å². The lowest BCUT2D eigenvalue weighted by Gasteiger charge is -2.24. The summed E-state index contributed by atoms with van der Waals surface area (Å²) in [5.74, 6) is -0.973. The fraction of sp³-hybridized carbons (Fsp3) is 0.667. The monoisotopic (exact) mass is 849 g/mol. The first kappa shape index (κ1) is 56.1. The molecule has 0 amide bonds. The number of aliphatic hydroxyl groups is 1. The van der Waals surface area contributed by atoms with Crippen molar-refractivity contribution in [2.75, 3.05) is 47.5 Å². The van der Waals surface area contributed by atoms with Crippen LogP contribution in [0.15, 0.2) is 85.1 Å². The molecule has 0 saturated carbocycles. The number of ether oxygens (including phenoxy) is 2. The molecule has 0 aromatic heterocycles. The summed E-state index contributed by atoms with van der Waals surface area (Å²) in [7, 11) is 1.37. The highest BCUT2D eigenvalue weighted by molar-refractivity contribution is 7.47. The standard InChI is InChI=1S/C48H82NO9P/c1-6-8-10-12-14-15-16-17-18-19-20-21-22-23-28-32-36-40-48(52)58-46(44-57-59(53,54)56-42-41-49(3,4)5)43-55-47(51)39-35-31-27-25-24-26-30-34-38-45(50)37-33-29-13-11-9-7-2/h17-18,20-21,23,25-30,33-34,38,45-46,50H,6-16,19,22,24,31-32,35-37,39-44H2,1-5H3/p+1/b18-17-,21-20-,27-25-,28-23-,30-26-,33-29-,38-34+/t45-,46-/m1/s1. The number of phosphoric acid groups is 1. The lowest BCUT2D eigenvalue weighted by Crippen LogP contribution is -2.37. The van der Waals surface area contributed by atoms with Crippen LogP contribution in [0.25, 0.3) is 0 Å². The summed E-state index contributed by atoms with van der Waals surface area (Å²) < 4.78 is 34.1. The maximum atomic E-state index is 12.7. The van der Waals surface area contributed by atoms with Crippen LogP contribution < -0.4 is 0 Å². The van der Waals surface area contributed by atoms with Gasteiger partial charge < -0.3 is 24.0 Å². The number of carbonyl (C=O) groups is 2. The van der Waals surface area contributed by atoms with Crippen LogP contribution in [0.4, 0.5) is 0 Å². The van der Waals surface area contributed by atoms with Gasteiger partial charge in [-0.1, -0.05) is 144 Å². The van der Waals surface area contributed by atoms with Crippen LogP contribution in [-0.4, -0.2) is 86.1 Å². The molecule has 0 rings (SSSR count). The Morgan fingerprint density at radius 3 is 1.75 bits per heavy atom. The lowest BCUT2D eigenvalue weighted by molar-refractivity contribution is -0.870. The highest BCUT2D eigenvalue weighted by atomic mass is 31.2. The predicted molar refractivity (Wildman–Crippen MR) is 244 cm³/mol. The zero-order valence-corrected chi connectivity index (χ0v) is 38.5. The van der Waals surface area contributed by atoms with Crippen molar-refractivity contribution in [2.24, 2.45) is 0 Å². The number of allylic oxidation sites excluding steroid dienone is 12. The number of hydrogen-bond acceptors (Lipinski definition) is 8. The average Bonchev–Trinajstić information content (AvgIpc) is 3.18. The molecular weight excluding hydrogens is 765 g/mol. The Hall–Kier alpha value is -2.85. The Labute approximate surface area is 359 Å². The predicted octanol–water partition coefficient (Wildman–Crippen LogP) is 11.8. The van der Waals surface area contributed by atoms with Crippen molar-refractivity contribution in [3.05, 3.63) is 85.1 Å². The molecule has 0 heterocycles. The molecule has 0 aliphatic rings. The molecule has 59 heavy (non-hydrogen) atoms. The van der Waals surface area contributed by atoms with Crippen molar-refractivity contribution in [2.45, 2.75) is 161 Å². The zero-order valence-electron chi connectivity index (χ0n) is 37.6. The third kappa shape index (κ3) is 43.1. The third-order valence-electron chi connectivity index (χ3n) is 8.98. The molecule has 0 aromatic carbocycles. The van der Waals surface area contributed by atoms with Gasteiger partial charge in [-0.15, -0.1) is 0 Å². The van der Waals surface area contributed by atoms with Gasteiger partial charge in [0.15, 0.2) is 6.10 Å². The van der Waals surface area contributed by atoms with Crippen LogP contribution in [0.2, 0.25) is 0 Å². The van der Waals surface area contributed by atoms with E-state index in [9.17, 15) is 24.2 Å². The molecule has 0 aromatic rings. The first-order chi connectivity index (χ1) is 28.4. The number of carbonyl (C=O) groups excluding carboxylic acids is 2. The van der Waals surface area contributed by atoms with Crippen LogP contribution >= 0.6 is 7.82 Å². The number of hydrogen-bond donors (Lipinski definition) is 2. The summed E-state index contributed by atoms with van der Waals surface area (Å²) in [6.45, 7) is 4.15. The molecule has 0 bridgehead atoms. The molecule has 0 spiro atoms. The van der Waals surface area contributed by atoms with E-state index in [1.54, 1.807) is 6.08 Å². The summed E-state index contributed by atoms with van der Waals surface area (Å²) in [6.07, 6.45) is 46.8. The van der Waals surface area contributed by atoms with Crippen molar-refractivity contribution < 1.29 is 47.2 Å². The van der Waals surface area contributed by atoms with Crippen LogP contribution in [0, 0.1) is 0 Å². The van der Waals surface area contributed by atoms with Gasteiger partial charge >= 0.3 is 19.8 Å². The van der Waals surface area contributed by atoms with Gasteiger partial charge in [-0.2, -0.15) is 0 Å². The van der Waals surface area contributed by atoms with Crippen molar-refractivity contribution in [1.82, 2.24) is 0 Å². The zero-order chi connectivity index (χ0) is 43.7. The fourth-order valence-corrected chi connectivity index (χ4v) is 6.14. The molecule has 0 fully saturated rings. The minimum absolute atomic E-state index is 0.000334. The highest BCUT2D eigenvalue weighted by Gasteiger charge is 2.27. The van der Waals surface area contributed by atoms with E-state index in [-0.39, 0.29) is 26.1 Å². The minimum atomic E-state index is -4.42. The third-order valence-corrected chi connectivity index (χ3v) is 9.96. The molecule has 0 aliphatic heterocycles. The van der Waals surface area contributed by atoms with E-state index < -0.39 is 38.6 Å². The molecule has 338 valence electrons. The Bertz CT molecular complexity index is 1300. The van der Waals surface area contributed by atoms with Gasteiger partial charge in [0.1, 0.15) is 19.8 Å². The van der Waals surface area contributed by atoms with Crippen LogP contribution in [0.5, 0.6) is 0 Å². The summed E-state index contributed by atoms with van der Waals surface area (Å²) >= 11 is 0. The average molecular weight is 849 g/mol. The van der Waals surface area contributed by atoms with Crippen LogP contribution in [0.1, 0.15) is 149 Å². The van der Waals surface area contributed by atoms with Gasteiger partial charge in [0.05, 0.1) is 33.9 Å². The quantitative estimate of drug-likeness (QED) is 0.0155.